The van der Waals surface area contributed by atoms with Crippen LogP contribution in [0.3, 0.4) is 0 Å². The van der Waals surface area contributed by atoms with Gasteiger partial charge in [0.05, 0.1) is 13.2 Å². The molecule has 0 spiro atoms. The van der Waals surface area contributed by atoms with Crippen LogP contribution in [0.5, 0.6) is 0 Å². The third-order valence-electron chi connectivity index (χ3n) is 1.84. The Hall–Kier alpha value is -1.10. The highest BCUT2D eigenvalue weighted by Gasteiger charge is 2.08. The van der Waals surface area contributed by atoms with Gasteiger partial charge in [-0.3, -0.25) is 4.79 Å². The minimum atomic E-state index is -0.752. The molecular formula is C10H13ClN2O2. The van der Waals surface area contributed by atoms with Crippen LogP contribution in [0.1, 0.15) is 5.56 Å². The summed E-state index contributed by atoms with van der Waals surface area (Å²) in [6.07, 6.45) is 0. The maximum absolute atomic E-state index is 10.6. The fraction of sp³-hybridized carbons (Fsp3) is 0.300. The van der Waals surface area contributed by atoms with Gasteiger partial charge in [-0.25, -0.2) is 0 Å². The number of rotatable bonds is 5. The molecule has 82 valence electrons. The van der Waals surface area contributed by atoms with Crippen LogP contribution < -0.4 is 11.5 Å². The van der Waals surface area contributed by atoms with Crippen molar-refractivity contribution in [1.82, 2.24) is 0 Å². The van der Waals surface area contributed by atoms with E-state index in [1.807, 2.05) is 12.1 Å². The molecule has 4 nitrogen and oxygen atoms in total. The third-order valence-corrected chi connectivity index (χ3v) is 2.10. The van der Waals surface area contributed by atoms with Gasteiger partial charge in [0.15, 0.2) is 0 Å². The zero-order valence-corrected chi connectivity index (χ0v) is 8.91. The number of amides is 1. The van der Waals surface area contributed by atoms with E-state index in [1.165, 1.54) is 0 Å². The van der Waals surface area contributed by atoms with E-state index >= 15 is 0 Å². The molecule has 0 bridgehead atoms. The summed E-state index contributed by atoms with van der Waals surface area (Å²) < 4.78 is 5.21. The molecule has 0 aliphatic rings. The zero-order valence-electron chi connectivity index (χ0n) is 8.15. The molecule has 0 aromatic heterocycles. The van der Waals surface area contributed by atoms with Crippen molar-refractivity contribution >= 4 is 17.5 Å². The van der Waals surface area contributed by atoms with Crippen molar-refractivity contribution in [2.24, 2.45) is 11.5 Å². The fourth-order valence-electron chi connectivity index (χ4n) is 0.967. The second-order valence-electron chi connectivity index (χ2n) is 3.15. The second kappa shape index (κ2) is 5.70. The van der Waals surface area contributed by atoms with Crippen LogP contribution in [0.4, 0.5) is 0 Å². The van der Waals surface area contributed by atoms with Crippen LogP contribution in [-0.4, -0.2) is 18.6 Å². The van der Waals surface area contributed by atoms with Gasteiger partial charge in [-0.2, -0.15) is 0 Å². The van der Waals surface area contributed by atoms with Crippen molar-refractivity contribution in [3.05, 3.63) is 34.9 Å². The van der Waals surface area contributed by atoms with E-state index in [0.29, 0.717) is 11.6 Å². The maximum Gasteiger partial charge on any atom is 0.236 e. The molecule has 1 atom stereocenters. The Bertz CT molecular complexity index is 327. The van der Waals surface area contributed by atoms with E-state index < -0.39 is 11.9 Å². The number of benzene rings is 1. The molecule has 5 heteroatoms. The summed E-state index contributed by atoms with van der Waals surface area (Å²) >= 11 is 5.72. The normalized spacial score (nSPS) is 12.4. The Balaban J connectivity index is 2.32. The maximum atomic E-state index is 10.6. The number of carbonyl (C=O) groups is 1. The molecule has 1 unspecified atom stereocenters. The molecule has 1 amide bonds. The molecule has 15 heavy (non-hydrogen) atoms. The Morgan fingerprint density at radius 2 is 2.00 bits per heavy atom. The molecule has 0 saturated carbocycles. The molecule has 0 radical (unpaired) electrons. The summed E-state index contributed by atoms with van der Waals surface area (Å²) in [7, 11) is 0. The summed E-state index contributed by atoms with van der Waals surface area (Å²) in [5.74, 6) is -0.564. The molecule has 1 rings (SSSR count). The largest absolute Gasteiger partial charge is 0.375 e. The Kier molecular flexibility index (Phi) is 4.55. The molecule has 0 aliphatic carbocycles. The van der Waals surface area contributed by atoms with Gasteiger partial charge in [0.2, 0.25) is 5.91 Å². The molecule has 0 saturated heterocycles. The first-order chi connectivity index (χ1) is 7.09. The summed E-state index contributed by atoms with van der Waals surface area (Å²) in [5.41, 5.74) is 11.3. The van der Waals surface area contributed by atoms with Crippen molar-refractivity contribution < 1.29 is 9.53 Å². The third kappa shape index (κ3) is 4.29. The Morgan fingerprint density at radius 1 is 1.40 bits per heavy atom. The number of carbonyl (C=O) groups excluding carboxylic acids is 1. The van der Waals surface area contributed by atoms with Gasteiger partial charge >= 0.3 is 0 Å². The monoisotopic (exact) mass is 228 g/mol. The highest BCUT2D eigenvalue weighted by Crippen LogP contribution is 2.10. The first kappa shape index (κ1) is 12.0. The second-order valence-corrected chi connectivity index (χ2v) is 3.59. The van der Waals surface area contributed by atoms with Crippen molar-refractivity contribution in [1.29, 1.82) is 0 Å². The topological polar surface area (TPSA) is 78.3 Å². The molecule has 1 aromatic carbocycles. The van der Waals surface area contributed by atoms with Gasteiger partial charge < -0.3 is 16.2 Å². The number of nitrogens with two attached hydrogens (primary N) is 2. The average molecular weight is 229 g/mol. The Morgan fingerprint density at radius 3 is 2.53 bits per heavy atom. The predicted octanol–water partition coefficient (Wildman–Crippen LogP) is 0.669. The van der Waals surface area contributed by atoms with Crippen LogP contribution in [0.25, 0.3) is 0 Å². The highest BCUT2D eigenvalue weighted by molar-refractivity contribution is 6.30. The van der Waals surface area contributed by atoms with E-state index in [9.17, 15) is 4.79 Å². The van der Waals surface area contributed by atoms with Crippen molar-refractivity contribution in [2.75, 3.05) is 6.61 Å². The van der Waals surface area contributed by atoms with Gasteiger partial charge in [-0.1, -0.05) is 23.7 Å². The summed E-state index contributed by atoms with van der Waals surface area (Å²) in [4.78, 5) is 10.6. The molecule has 1 aromatic rings. The zero-order chi connectivity index (χ0) is 11.3. The SMILES string of the molecule is NC(=O)C(N)COCc1ccc(Cl)cc1. The van der Waals surface area contributed by atoms with Gasteiger partial charge in [-0.05, 0) is 17.7 Å². The van der Waals surface area contributed by atoms with Gasteiger partial charge in [0.25, 0.3) is 0 Å². The average Bonchev–Trinajstić information content (AvgIpc) is 2.20. The van der Waals surface area contributed by atoms with Crippen LogP contribution in [0, 0.1) is 0 Å². The molecular weight excluding hydrogens is 216 g/mol. The van der Waals surface area contributed by atoms with E-state index in [2.05, 4.69) is 0 Å². The van der Waals surface area contributed by atoms with Crippen LogP contribution in [0.15, 0.2) is 24.3 Å². The number of ether oxygens (including phenoxy) is 1. The van der Waals surface area contributed by atoms with Crippen LogP contribution in [-0.2, 0) is 16.1 Å². The lowest BCUT2D eigenvalue weighted by atomic mass is 10.2. The minimum Gasteiger partial charge on any atom is -0.375 e. The lowest BCUT2D eigenvalue weighted by molar-refractivity contribution is -0.120. The lowest BCUT2D eigenvalue weighted by Gasteiger charge is -2.08. The standard InChI is InChI=1S/C10H13ClN2O2/c11-8-3-1-7(2-4-8)5-15-6-9(12)10(13)14/h1-4,9H,5-6,12H2,(H2,13,14). The number of halogens is 1. The molecule has 0 aliphatic heterocycles. The Labute approximate surface area is 93.1 Å². The fourth-order valence-corrected chi connectivity index (χ4v) is 1.09. The number of hydrogen-bond donors (Lipinski definition) is 2. The predicted molar refractivity (Wildman–Crippen MR) is 58.3 cm³/mol. The van der Waals surface area contributed by atoms with Crippen LogP contribution >= 0.6 is 11.6 Å². The molecule has 0 heterocycles. The molecule has 4 N–H and O–H groups in total. The van der Waals surface area contributed by atoms with Crippen molar-refractivity contribution in [2.45, 2.75) is 12.6 Å². The van der Waals surface area contributed by atoms with Crippen molar-refractivity contribution in [3.8, 4) is 0 Å². The number of hydrogen-bond acceptors (Lipinski definition) is 3. The van der Waals surface area contributed by atoms with E-state index in [-0.39, 0.29) is 6.61 Å². The summed E-state index contributed by atoms with van der Waals surface area (Å²) in [6, 6.07) is 6.48. The lowest BCUT2D eigenvalue weighted by Crippen LogP contribution is -2.40. The first-order valence-electron chi connectivity index (χ1n) is 4.46. The van der Waals surface area contributed by atoms with Gasteiger partial charge in [0, 0.05) is 5.02 Å². The highest BCUT2D eigenvalue weighted by atomic mass is 35.5. The minimum absolute atomic E-state index is 0.123. The van der Waals surface area contributed by atoms with Crippen LogP contribution in [0.2, 0.25) is 5.02 Å². The van der Waals surface area contributed by atoms with E-state index in [4.69, 9.17) is 27.8 Å². The van der Waals surface area contributed by atoms with Crippen molar-refractivity contribution in [3.63, 3.8) is 0 Å². The summed E-state index contributed by atoms with van der Waals surface area (Å²) in [5, 5.41) is 0.674. The van der Waals surface area contributed by atoms with Gasteiger partial charge in [0.1, 0.15) is 6.04 Å². The quantitative estimate of drug-likeness (QED) is 0.778. The van der Waals surface area contributed by atoms with Gasteiger partial charge in [-0.15, -0.1) is 0 Å². The van der Waals surface area contributed by atoms with E-state index in [0.717, 1.165) is 5.56 Å². The summed E-state index contributed by atoms with van der Waals surface area (Å²) in [6.45, 7) is 0.510. The van der Waals surface area contributed by atoms with E-state index in [1.54, 1.807) is 12.1 Å². The number of primary amides is 1. The smallest absolute Gasteiger partial charge is 0.236 e. The molecule has 0 fully saturated rings. The first-order valence-corrected chi connectivity index (χ1v) is 4.84.